The molecule has 0 fully saturated rings. The lowest BCUT2D eigenvalue weighted by Crippen LogP contribution is -2.09. The van der Waals surface area contributed by atoms with E-state index in [9.17, 15) is 4.79 Å². The highest BCUT2D eigenvalue weighted by Gasteiger charge is 2.09. The predicted octanol–water partition coefficient (Wildman–Crippen LogP) is 1.83. The van der Waals surface area contributed by atoms with Gasteiger partial charge in [-0.1, -0.05) is 24.7 Å². The first-order valence-electron chi connectivity index (χ1n) is 6.16. The number of thiazole rings is 1. The number of rotatable bonds is 6. The summed E-state index contributed by atoms with van der Waals surface area (Å²) >= 11 is 1.17. The number of nitrogens with zero attached hydrogens (tertiary/aromatic N) is 2. The Morgan fingerprint density at radius 3 is 2.79 bits per heavy atom. The second-order valence-corrected chi connectivity index (χ2v) is 4.92. The Bertz CT molecular complexity index is 592. The van der Waals surface area contributed by atoms with E-state index in [-0.39, 0.29) is 4.87 Å². The van der Waals surface area contributed by atoms with Crippen molar-refractivity contribution in [3.63, 3.8) is 0 Å². The van der Waals surface area contributed by atoms with Crippen LogP contribution in [0.15, 0.2) is 16.5 Å². The van der Waals surface area contributed by atoms with Crippen molar-refractivity contribution in [1.29, 1.82) is 0 Å². The first-order chi connectivity index (χ1) is 9.24. The zero-order valence-corrected chi connectivity index (χ0v) is 11.8. The largest absolute Gasteiger partial charge is 0.373 e. The third-order valence-corrected chi connectivity index (χ3v) is 3.42. The van der Waals surface area contributed by atoms with Crippen LogP contribution in [0.4, 0.5) is 11.6 Å². The smallest absolute Gasteiger partial charge is 0.304 e. The standard InChI is InChI=1S/C12H17N5OS/c1-3-4-9-10(13-2)15-7-16-11(9)14-5-8-6-19-12(18)17-8/h6-7H,3-5H2,1-2H3,(H,17,18)(H2,13,14,15,16). The van der Waals surface area contributed by atoms with E-state index >= 15 is 0 Å². The van der Waals surface area contributed by atoms with E-state index in [4.69, 9.17) is 0 Å². The summed E-state index contributed by atoms with van der Waals surface area (Å²) < 4.78 is 0. The lowest BCUT2D eigenvalue weighted by molar-refractivity contribution is 0.896. The molecule has 0 saturated carbocycles. The van der Waals surface area contributed by atoms with Crippen LogP contribution in [0.2, 0.25) is 0 Å². The van der Waals surface area contributed by atoms with Crippen molar-refractivity contribution in [2.24, 2.45) is 0 Å². The van der Waals surface area contributed by atoms with Crippen molar-refractivity contribution < 1.29 is 0 Å². The molecule has 7 heteroatoms. The predicted molar refractivity (Wildman–Crippen MR) is 77.8 cm³/mol. The summed E-state index contributed by atoms with van der Waals surface area (Å²) in [6, 6.07) is 0. The topological polar surface area (TPSA) is 82.7 Å². The minimum atomic E-state index is -0.0378. The monoisotopic (exact) mass is 279 g/mol. The molecule has 0 aliphatic rings. The quantitative estimate of drug-likeness (QED) is 0.751. The first-order valence-corrected chi connectivity index (χ1v) is 7.04. The Balaban J connectivity index is 2.16. The number of hydrogen-bond acceptors (Lipinski definition) is 6. The molecule has 0 radical (unpaired) electrons. The summed E-state index contributed by atoms with van der Waals surface area (Å²) in [6.07, 6.45) is 3.45. The summed E-state index contributed by atoms with van der Waals surface area (Å²) in [5.41, 5.74) is 1.94. The average molecular weight is 279 g/mol. The maximum Gasteiger partial charge on any atom is 0.304 e. The lowest BCUT2D eigenvalue weighted by atomic mass is 10.1. The third kappa shape index (κ3) is 3.31. The molecule has 3 N–H and O–H groups in total. The van der Waals surface area contributed by atoms with E-state index in [0.717, 1.165) is 35.7 Å². The van der Waals surface area contributed by atoms with E-state index in [2.05, 4.69) is 32.5 Å². The molecule has 2 heterocycles. The molecule has 0 aliphatic carbocycles. The van der Waals surface area contributed by atoms with E-state index in [1.807, 2.05) is 12.4 Å². The highest BCUT2D eigenvalue weighted by atomic mass is 32.1. The molecule has 0 unspecified atom stereocenters. The number of aromatic nitrogens is 3. The second-order valence-electron chi connectivity index (χ2n) is 4.08. The molecule has 6 nitrogen and oxygen atoms in total. The van der Waals surface area contributed by atoms with Crippen molar-refractivity contribution in [1.82, 2.24) is 15.0 Å². The molecule has 19 heavy (non-hydrogen) atoms. The van der Waals surface area contributed by atoms with E-state index in [0.29, 0.717) is 6.54 Å². The molecule has 2 aromatic rings. The van der Waals surface area contributed by atoms with Crippen molar-refractivity contribution in [2.45, 2.75) is 26.3 Å². The Hall–Kier alpha value is -1.89. The van der Waals surface area contributed by atoms with Crippen LogP contribution in [-0.4, -0.2) is 22.0 Å². The fourth-order valence-corrected chi connectivity index (χ4v) is 2.43. The summed E-state index contributed by atoms with van der Waals surface area (Å²) in [7, 11) is 1.85. The number of hydrogen-bond donors (Lipinski definition) is 3. The zero-order valence-electron chi connectivity index (χ0n) is 11.0. The Morgan fingerprint density at radius 2 is 2.16 bits per heavy atom. The SMILES string of the molecule is CCCc1c(NC)ncnc1NCc1csc(=O)[nH]1. The van der Waals surface area contributed by atoms with Gasteiger partial charge in [0.1, 0.15) is 18.0 Å². The number of anilines is 2. The maximum absolute atomic E-state index is 11.1. The molecule has 0 saturated heterocycles. The molecule has 0 spiro atoms. The van der Waals surface area contributed by atoms with Gasteiger partial charge >= 0.3 is 4.87 Å². The van der Waals surface area contributed by atoms with E-state index < -0.39 is 0 Å². The van der Waals surface area contributed by atoms with Gasteiger partial charge in [0.25, 0.3) is 0 Å². The van der Waals surface area contributed by atoms with Gasteiger partial charge in [0.15, 0.2) is 0 Å². The van der Waals surface area contributed by atoms with Gasteiger partial charge in [0.05, 0.1) is 6.54 Å². The number of H-pyrrole nitrogens is 1. The van der Waals surface area contributed by atoms with Crippen LogP contribution < -0.4 is 15.5 Å². The van der Waals surface area contributed by atoms with E-state index in [1.54, 1.807) is 0 Å². The van der Waals surface area contributed by atoms with Crippen molar-refractivity contribution in [3.05, 3.63) is 32.6 Å². The van der Waals surface area contributed by atoms with Gasteiger partial charge in [0.2, 0.25) is 0 Å². The maximum atomic E-state index is 11.1. The summed E-state index contributed by atoms with van der Waals surface area (Å²) in [5.74, 6) is 1.66. The lowest BCUT2D eigenvalue weighted by Gasteiger charge is -2.13. The molecule has 0 aliphatic heterocycles. The molecule has 2 rings (SSSR count). The van der Waals surface area contributed by atoms with Gasteiger partial charge in [-0.3, -0.25) is 4.79 Å². The summed E-state index contributed by atoms with van der Waals surface area (Å²) in [4.78, 5) is 22.3. The minimum Gasteiger partial charge on any atom is -0.373 e. The highest BCUT2D eigenvalue weighted by molar-refractivity contribution is 7.07. The van der Waals surface area contributed by atoms with Crippen molar-refractivity contribution in [3.8, 4) is 0 Å². The van der Waals surface area contributed by atoms with Gasteiger partial charge < -0.3 is 15.6 Å². The molecule has 0 aromatic carbocycles. The molecular formula is C12H17N5OS. The van der Waals surface area contributed by atoms with Gasteiger partial charge in [0, 0.05) is 23.7 Å². The molecule has 0 amide bonds. The highest BCUT2D eigenvalue weighted by Crippen LogP contribution is 2.21. The second kappa shape index (κ2) is 6.33. The molecule has 0 atom stereocenters. The summed E-state index contributed by atoms with van der Waals surface area (Å²) in [5, 5.41) is 8.14. The molecule has 2 aromatic heterocycles. The van der Waals surface area contributed by atoms with E-state index in [1.165, 1.54) is 17.7 Å². The van der Waals surface area contributed by atoms with Crippen molar-refractivity contribution in [2.75, 3.05) is 17.7 Å². The van der Waals surface area contributed by atoms with Crippen LogP contribution in [0.1, 0.15) is 24.6 Å². The normalized spacial score (nSPS) is 10.4. The fraction of sp³-hybridized carbons (Fsp3) is 0.417. The van der Waals surface area contributed by atoms with Gasteiger partial charge in [-0.05, 0) is 6.42 Å². The third-order valence-electron chi connectivity index (χ3n) is 2.70. The molecule has 102 valence electrons. The molecular weight excluding hydrogens is 262 g/mol. The Labute approximate surface area is 115 Å². The van der Waals surface area contributed by atoms with Crippen molar-refractivity contribution >= 4 is 23.0 Å². The average Bonchev–Trinajstić information content (AvgIpc) is 2.83. The Morgan fingerprint density at radius 1 is 1.37 bits per heavy atom. The summed E-state index contributed by atoms with van der Waals surface area (Å²) in [6.45, 7) is 2.67. The van der Waals surface area contributed by atoms with Crippen LogP contribution >= 0.6 is 11.3 Å². The molecule has 0 bridgehead atoms. The van der Waals surface area contributed by atoms with Crippen LogP contribution in [0, 0.1) is 0 Å². The fourth-order valence-electron chi connectivity index (χ4n) is 1.85. The Kier molecular flexibility index (Phi) is 4.51. The number of aromatic amines is 1. The van der Waals surface area contributed by atoms with Crippen LogP contribution in [-0.2, 0) is 13.0 Å². The minimum absolute atomic E-state index is 0.0378. The van der Waals surface area contributed by atoms with Crippen LogP contribution in [0.25, 0.3) is 0 Å². The van der Waals surface area contributed by atoms with Gasteiger partial charge in [-0.25, -0.2) is 9.97 Å². The van der Waals surface area contributed by atoms with Crippen LogP contribution in [0.3, 0.4) is 0 Å². The number of nitrogens with one attached hydrogen (secondary N) is 3. The zero-order chi connectivity index (χ0) is 13.7. The van der Waals surface area contributed by atoms with Gasteiger partial charge in [-0.2, -0.15) is 0 Å². The first kappa shape index (κ1) is 13.5. The van der Waals surface area contributed by atoms with Crippen LogP contribution in [0.5, 0.6) is 0 Å². The van der Waals surface area contributed by atoms with Gasteiger partial charge in [-0.15, -0.1) is 0 Å².